The molecular formula is C18H24O5. The van der Waals surface area contributed by atoms with E-state index >= 15 is 0 Å². The first-order valence-electron chi connectivity index (χ1n) is 7.76. The smallest absolute Gasteiger partial charge is 0.321 e. The molecule has 5 nitrogen and oxygen atoms in total. The van der Waals surface area contributed by atoms with Crippen LogP contribution in [0.3, 0.4) is 0 Å². The predicted molar refractivity (Wildman–Crippen MR) is 85.8 cm³/mol. The van der Waals surface area contributed by atoms with E-state index in [0.717, 1.165) is 5.56 Å². The molecule has 0 aliphatic rings. The lowest BCUT2D eigenvalue weighted by Gasteiger charge is -2.25. The van der Waals surface area contributed by atoms with Crippen LogP contribution in [0.15, 0.2) is 30.3 Å². The van der Waals surface area contributed by atoms with Gasteiger partial charge in [0.1, 0.15) is 6.29 Å². The van der Waals surface area contributed by atoms with Crippen molar-refractivity contribution < 1.29 is 23.9 Å². The van der Waals surface area contributed by atoms with Gasteiger partial charge in [0.15, 0.2) is 5.92 Å². The number of esters is 2. The molecule has 0 heterocycles. The molecule has 0 bridgehead atoms. The molecule has 0 fully saturated rings. The lowest BCUT2D eigenvalue weighted by Crippen LogP contribution is -2.36. The number of ether oxygens (including phenoxy) is 2. The molecule has 1 aromatic carbocycles. The third-order valence-electron chi connectivity index (χ3n) is 3.19. The Bertz CT molecular complexity index is 499. The lowest BCUT2D eigenvalue weighted by molar-refractivity contribution is -0.167. The minimum absolute atomic E-state index is 0.0368. The molecule has 0 saturated heterocycles. The molecule has 0 aliphatic heterocycles. The predicted octanol–water partition coefficient (Wildman–Crippen LogP) is 2.88. The van der Waals surface area contributed by atoms with E-state index in [2.05, 4.69) is 0 Å². The molecule has 0 unspecified atom stereocenters. The highest BCUT2D eigenvalue weighted by Crippen LogP contribution is 2.30. The fraction of sp³-hybridized carbons (Fsp3) is 0.500. The molecule has 0 radical (unpaired) electrons. The van der Waals surface area contributed by atoms with Gasteiger partial charge in [-0.15, -0.1) is 0 Å². The van der Waals surface area contributed by atoms with E-state index in [4.69, 9.17) is 9.47 Å². The van der Waals surface area contributed by atoms with Crippen LogP contribution in [-0.2, 0) is 23.9 Å². The van der Waals surface area contributed by atoms with Crippen molar-refractivity contribution in [3.63, 3.8) is 0 Å². The lowest BCUT2D eigenvalue weighted by atomic mass is 9.83. The van der Waals surface area contributed by atoms with Gasteiger partial charge in [-0.1, -0.05) is 30.3 Å². The average molecular weight is 320 g/mol. The molecule has 0 amide bonds. The van der Waals surface area contributed by atoms with E-state index in [1.54, 1.807) is 52.0 Å². The van der Waals surface area contributed by atoms with Gasteiger partial charge in [-0.3, -0.25) is 9.59 Å². The minimum atomic E-state index is -1.16. The maximum atomic E-state index is 12.4. The summed E-state index contributed by atoms with van der Waals surface area (Å²) in [7, 11) is 0. The largest absolute Gasteiger partial charge is 0.462 e. The summed E-state index contributed by atoms with van der Waals surface area (Å²) in [6.07, 6.45) is 0.0272. The number of benzene rings is 1. The van der Waals surface area contributed by atoms with Crippen molar-refractivity contribution in [1.29, 1.82) is 0 Å². The monoisotopic (exact) mass is 320 g/mol. The van der Waals surface area contributed by atoms with Gasteiger partial charge in [0.05, 0.1) is 12.2 Å². The third-order valence-corrected chi connectivity index (χ3v) is 3.19. The highest BCUT2D eigenvalue weighted by molar-refractivity contribution is 5.96. The first-order chi connectivity index (χ1) is 10.9. The Kier molecular flexibility index (Phi) is 7.45. The summed E-state index contributed by atoms with van der Waals surface area (Å²) in [6, 6.07) is 8.99. The van der Waals surface area contributed by atoms with Crippen LogP contribution in [0.5, 0.6) is 0 Å². The number of aldehydes is 1. The Morgan fingerprint density at radius 2 is 1.43 bits per heavy atom. The van der Waals surface area contributed by atoms with Crippen LogP contribution in [0.25, 0.3) is 0 Å². The SMILES string of the molecule is CC(C)OC(=O)C(C(=O)OC(C)C)[C@@H](CC=O)c1ccccc1. The van der Waals surface area contributed by atoms with Crippen molar-refractivity contribution in [2.45, 2.75) is 52.2 Å². The van der Waals surface area contributed by atoms with Crippen molar-refractivity contribution >= 4 is 18.2 Å². The fourth-order valence-corrected chi connectivity index (χ4v) is 2.30. The van der Waals surface area contributed by atoms with Crippen molar-refractivity contribution in [3.05, 3.63) is 35.9 Å². The normalized spacial score (nSPS) is 12.3. The van der Waals surface area contributed by atoms with Gasteiger partial charge >= 0.3 is 11.9 Å². The Hall–Kier alpha value is -2.17. The average Bonchev–Trinajstić information content (AvgIpc) is 2.46. The summed E-state index contributed by atoms with van der Waals surface area (Å²) in [5.41, 5.74) is 0.728. The highest BCUT2D eigenvalue weighted by atomic mass is 16.6. The number of carbonyl (C=O) groups excluding carboxylic acids is 3. The van der Waals surface area contributed by atoms with Crippen LogP contribution in [0.2, 0.25) is 0 Å². The second-order valence-corrected chi connectivity index (χ2v) is 5.87. The van der Waals surface area contributed by atoms with Crippen LogP contribution in [0.1, 0.15) is 45.6 Å². The molecule has 0 aromatic heterocycles. The zero-order valence-corrected chi connectivity index (χ0v) is 14.0. The van der Waals surface area contributed by atoms with E-state index in [9.17, 15) is 14.4 Å². The van der Waals surface area contributed by atoms with Gasteiger partial charge < -0.3 is 14.3 Å². The Labute approximate surface area is 137 Å². The maximum absolute atomic E-state index is 12.4. The Morgan fingerprint density at radius 1 is 0.957 bits per heavy atom. The molecule has 5 heteroatoms. The highest BCUT2D eigenvalue weighted by Gasteiger charge is 2.39. The molecule has 126 valence electrons. The second-order valence-electron chi connectivity index (χ2n) is 5.87. The Morgan fingerprint density at radius 3 is 1.83 bits per heavy atom. The number of hydrogen-bond acceptors (Lipinski definition) is 5. The minimum Gasteiger partial charge on any atom is -0.462 e. The maximum Gasteiger partial charge on any atom is 0.321 e. The number of carbonyl (C=O) groups is 3. The summed E-state index contributed by atoms with van der Waals surface area (Å²) >= 11 is 0. The summed E-state index contributed by atoms with van der Waals surface area (Å²) in [6.45, 7) is 6.83. The van der Waals surface area contributed by atoms with E-state index in [1.807, 2.05) is 6.07 Å². The van der Waals surface area contributed by atoms with Gasteiger partial charge in [-0.2, -0.15) is 0 Å². The van der Waals surface area contributed by atoms with Gasteiger partial charge in [0, 0.05) is 12.3 Å². The van der Waals surface area contributed by atoms with Gasteiger partial charge in [-0.25, -0.2) is 0 Å². The summed E-state index contributed by atoms with van der Waals surface area (Å²) < 4.78 is 10.4. The zero-order chi connectivity index (χ0) is 17.4. The van der Waals surface area contributed by atoms with E-state index in [0.29, 0.717) is 6.29 Å². The van der Waals surface area contributed by atoms with E-state index in [-0.39, 0.29) is 18.6 Å². The number of rotatable bonds is 8. The molecule has 0 spiro atoms. The van der Waals surface area contributed by atoms with Crippen LogP contribution < -0.4 is 0 Å². The summed E-state index contributed by atoms with van der Waals surface area (Å²) in [5.74, 6) is -3.10. The topological polar surface area (TPSA) is 69.7 Å². The summed E-state index contributed by atoms with van der Waals surface area (Å²) in [5, 5.41) is 0. The zero-order valence-electron chi connectivity index (χ0n) is 14.0. The first kappa shape index (κ1) is 18.9. The van der Waals surface area contributed by atoms with E-state index in [1.165, 1.54) is 0 Å². The molecular weight excluding hydrogens is 296 g/mol. The van der Waals surface area contributed by atoms with Crippen molar-refractivity contribution in [2.24, 2.45) is 5.92 Å². The Balaban J connectivity index is 3.18. The van der Waals surface area contributed by atoms with E-state index < -0.39 is 23.8 Å². The molecule has 1 atom stereocenters. The fourth-order valence-electron chi connectivity index (χ4n) is 2.30. The third kappa shape index (κ3) is 5.85. The van der Waals surface area contributed by atoms with Crippen molar-refractivity contribution in [3.8, 4) is 0 Å². The molecule has 0 N–H and O–H groups in total. The van der Waals surface area contributed by atoms with Crippen LogP contribution in [0.4, 0.5) is 0 Å². The van der Waals surface area contributed by atoms with Crippen LogP contribution >= 0.6 is 0 Å². The molecule has 0 aliphatic carbocycles. The molecule has 23 heavy (non-hydrogen) atoms. The van der Waals surface area contributed by atoms with Gasteiger partial charge in [0.25, 0.3) is 0 Å². The van der Waals surface area contributed by atoms with Crippen LogP contribution in [-0.4, -0.2) is 30.4 Å². The molecule has 1 rings (SSSR count). The quantitative estimate of drug-likeness (QED) is 0.418. The first-order valence-corrected chi connectivity index (χ1v) is 7.76. The van der Waals surface area contributed by atoms with Crippen molar-refractivity contribution in [1.82, 2.24) is 0 Å². The summed E-state index contributed by atoms with van der Waals surface area (Å²) in [4.78, 5) is 35.9. The molecule has 1 aromatic rings. The number of hydrogen-bond donors (Lipinski definition) is 0. The van der Waals surface area contributed by atoms with Crippen LogP contribution in [0, 0.1) is 5.92 Å². The van der Waals surface area contributed by atoms with Crippen molar-refractivity contribution in [2.75, 3.05) is 0 Å². The van der Waals surface area contributed by atoms with Gasteiger partial charge in [-0.05, 0) is 33.3 Å². The van der Waals surface area contributed by atoms with Gasteiger partial charge in [0.2, 0.25) is 0 Å². The second kappa shape index (κ2) is 9.08. The standard InChI is InChI=1S/C18H24O5/c1-12(2)22-17(20)16(18(21)23-13(3)4)15(10-11-19)14-8-6-5-7-9-14/h5-9,11-13,15-16H,10H2,1-4H3/t15-/m0/s1. The molecule has 0 saturated carbocycles.